The van der Waals surface area contributed by atoms with Gasteiger partial charge in [0, 0.05) is 10.9 Å². The van der Waals surface area contributed by atoms with Crippen LogP contribution in [0.1, 0.15) is 17.3 Å². The minimum atomic E-state index is 0.0320. The molecule has 0 aliphatic heterocycles. The van der Waals surface area contributed by atoms with Gasteiger partial charge >= 0.3 is 0 Å². The van der Waals surface area contributed by atoms with Gasteiger partial charge in [-0.05, 0) is 35.0 Å². The van der Waals surface area contributed by atoms with Crippen LogP contribution in [-0.2, 0) is 0 Å². The van der Waals surface area contributed by atoms with Crippen LogP contribution in [0.15, 0.2) is 22.8 Å². The summed E-state index contributed by atoms with van der Waals surface area (Å²) in [5.74, 6) is 0.0320. The van der Waals surface area contributed by atoms with Crippen molar-refractivity contribution in [3.05, 3.63) is 28.4 Å². The molecule has 3 nitrogen and oxygen atoms in total. The van der Waals surface area contributed by atoms with E-state index in [1.807, 2.05) is 12.1 Å². The maximum absolute atomic E-state index is 11.2. The average Bonchev–Trinajstić information content (AvgIpc) is 2.48. The smallest absolute Gasteiger partial charge is 0.162 e. The van der Waals surface area contributed by atoms with Crippen LogP contribution in [0.4, 0.5) is 0 Å². The molecule has 4 heteroatoms. The number of aromatic nitrogens is 2. The zero-order chi connectivity index (χ0) is 9.42. The summed E-state index contributed by atoms with van der Waals surface area (Å²) in [6.45, 7) is 1.54. The summed E-state index contributed by atoms with van der Waals surface area (Å²) in [7, 11) is 0. The number of carbonyl (C=O) groups is 1. The summed E-state index contributed by atoms with van der Waals surface area (Å²) in [6, 6.07) is 5.53. The number of nitrogens with zero attached hydrogens (tertiary/aromatic N) is 1. The molecule has 66 valence electrons. The van der Waals surface area contributed by atoms with Gasteiger partial charge in [-0.15, -0.1) is 0 Å². The number of rotatable bonds is 1. The molecule has 0 unspecified atom stereocenters. The van der Waals surface area contributed by atoms with Crippen LogP contribution in [0.2, 0.25) is 0 Å². The Morgan fingerprint density at radius 1 is 1.54 bits per heavy atom. The van der Waals surface area contributed by atoms with E-state index in [-0.39, 0.29) is 5.78 Å². The Kier molecular flexibility index (Phi) is 1.92. The van der Waals surface area contributed by atoms with E-state index in [1.54, 1.807) is 6.07 Å². The number of halogens is 1. The Bertz CT molecular complexity index is 475. The number of ketones is 1. The molecule has 0 saturated carbocycles. The minimum Gasteiger partial charge on any atom is -0.294 e. The third-order valence-electron chi connectivity index (χ3n) is 1.92. The highest BCUT2D eigenvalue weighted by molar-refractivity contribution is 9.10. The van der Waals surface area contributed by atoms with Crippen molar-refractivity contribution in [2.45, 2.75) is 6.92 Å². The number of Topliss-reactive ketones (excluding diaryl/α,β-unsaturated/α-hetero) is 1. The maximum Gasteiger partial charge on any atom is 0.162 e. The Labute approximate surface area is 83.3 Å². The lowest BCUT2D eigenvalue weighted by atomic mass is 10.1. The molecule has 1 aromatic heterocycles. The summed E-state index contributed by atoms with van der Waals surface area (Å²) in [5, 5.41) is 7.77. The minimum absolute atomic E-state index is 0.0320. The lowest BCUT2D eigenvalue weighted by molar-refractivity contribution is 0.101. The van der Waals surface area contributed by atoms with E-state index < -0.39 is 0 Å². The van der Waals surface area contributed by atoms with Gasteiger partial charge in [0.1, 0.15) is 10.1 Å². The van der Waals surface area contributed by atoms with Gasteiger partial charge in [-0.3, -0.25) is 9.89 Å². The fraction of sp³-hybridized carbons (Fsp3) is 0.111. The van der Waals surface area contributed by atoms with Gasteiger partial charge in [-0.25, -0.2) is 0 Å². The number of aromatic amines is 1. The number of nitrogens with one attached hydrogen (secondary N) is 1. The molecule has 2 rings (SSSR count). The molecule has 0 fully saturated rings. The third kappa shape index (κ3) is 1.27. The first-order chi connectivity index (χ1) is 6.20. The average molecular weight is 239 g/mol. The van der Waals surface area contributed by atoms with Crippen molar-refractivity contribution in [2.75, 3.05) is 0 Å². The van der Waals surface area contributed by atoms with Crippen molar-refractivity contribution in [1.82, 2.24) is 10.2 Å². The largest absolute Gasteiger partial charge is 0.294 e. The van der Waals surface area contributed by atoms with Crippen molar-refractivity contribution in [1.29, 1.82) is 0 Å². The second kappa shape index (κ2) is 2.96. The van der Waals surface area contributed by atoms with E-state index in [0.29, 0.717) is 5.56 Å². The van der Waals surface area contributed by atoms with E-state index in [0.717, 1.165) is 15.5 Å². The van der Waals surface area contributed by atoms with Crippen molar-refractivity contribution in [3.8, 4) is 0 Å². The van der Waals surface area contributed by atoms with Crippen molar-refractivity contribution < 1.29 is 4.79 Å². The molecule has 1 N–H and O–H groups in total. The van der Waals surface area contributed by atoms with Crippen LogP contribution in [0.5, 0.6) is 0 Å². The van der Waals surface area contributed by atoms with Gasteiger partial charge in [-0.2, -0.15) is 5.10 Å². The molecule has 0 spiro atoms. The summed E-state index contributed by atoms with van der Waals surface area (Å²) in [5.41, 5.74) is 1.38. The van der Waals surface area contributed by atoms with Crippen LogP contribution in [0, 0.1) is 0 Å². The number of para-hydroxylation sites is 1. The normalized spacial score (nSPS) is 10.6. The summed E-state index contributed by atoms with van der Waals surface area (Å²) in [4.78, 5) is 11.2. The van der Waals surface area contributed by atoms with Crippen LogP contribution >= 0.6 is 15.9 Å². The topological polar surface area (TPSA) is 45.8 Å². The highest BCUT2D eigenvalue weighted by Crippen LogP contribution is 2.23. The highest BCUT2D eigenvalue weighted by Gasteiger charge is 2.09. The lowest BCUT2D eigenvalue weighted by Gasteiger charge is -1.95. The molecular formula is C9H7BrN2O. The monoisotopic (exact) mass is 238 g/mol. The second-order valence-electron chi connectivity index (χ2n) is 2.80. The van der Waals surface area contributed by atoms with Crippen molar-refractivity contribution in [2.24, 2.45) is 0 Å². The summed E-state index contributed by atoms with van der Waals surface area (Å²) >= 11 is 3.32. The van der Waals surface area contributed by atoms with Crippen LogP contribution in [-0.4, -0.2) is 16.0 Å². The molecule has 1 aromatic carbocycles. The first-order valence-electron chi connectivity index (χ1n) is 3.83. The standard InChI is InChI=1S/C9H7BrN2O/c1-5(13)6-3-2-4-7-8(6)11-12-9(7)10/h2-4H,1H3,(H,11,12). The second-order valence-corrected chi connectivity index (χ2v) is 3.59. The Morgan fingerprint density at radius 3 is 3.00 bits per heavy atom. The fourth-order valence-electron chi connectivity index (χ4n) is 1.29. The predicted octanol–water partition coefficient (Wildman–Crippen LogP) is 2.53. The van der Waals surface area contributed by atoms with Crippen molar-refractivity contribution >= 4 is 32.6 Å². The van der Waals surface area contributed by atoms with E-state index in [4.69, 9.17) is 0 Å². The van der Waals surface area contributed by atoms with Gasteiger partial charge in [0.15, 0.2) is 5.78 Å². The predicted molar refractivity (Wildman–Crippen MR) is 53.8 cm³/mol. The van der Waals surface area contributed by atoms with Gasteiger partial charge in [0.2, 0.25) is 0 Å². The van der Waals surface area contributed by atoms with Crippen LogP contribution in [0.3, 0.4) is 0 Å². The Balaban J connectivity index is 2.84. The molecule has 2 aromatic rings. The summed E-state index contributed by atoms with van der Waals surface area (Å²) in [6.07, 6.45) is 0. The Hall–Kier alpha value is -1.16. The molecule has 13 heavy (non-hydrogen) atoms. The van der Waals surface area contributed by atoms with Gasteiger partial charge in [-0.1, -0.05) is 6.07 Å². The quantitative estimate of drug-likeness (QED) is 0.777. The third-order valence-corrected chi connectivity index (χ3v) is 2.52. The zero-order valence-electron chi connectivity index (χ0n) is 6.97. The molecule has 0 aliphatic carbocycles. The number of hydrogen-bond donors (Lipinski definition) is 1. The number of H-pyrrole nitrogens is 1. The van der Waals surface area contributed by atoms with E-state index >= 15 is 0 Å². The van der Waals surface area contributed by atoms with Gasteiger partial charge in [0.25, 0.3) is 0 Å². The zero-order valence-corrected chi connectivity index (χ0v) is 8.55. The molecule has 0 aliphatic rings. The van der Waals surface area contributed by atoms with E-state index in [9.17, 15) is 4.79 Å². The van der Waals surface area contributed by atoms with Gasteiger partial charge < -0.3 is 0 Å². The molecule has 0 amide bonds. The fourth-order valence-corrected chi connectivity index (χ4v) is 1.70. The summed E-state index contributed by atoms with van der Waals surface area (Å²) < 4.78 is 0.811. The van der Waals surface area contributed by atoms with E-state index in [1.165, 1.54) is 6.92 Å². The van der Waals surface area contributed by atoms with E-state index in [2.05, 4.69) is 26.1 Å². The molecule has 0 atom stereocenters. The van der Waals surface area contributed by atoms with Crippen LogP contribution < -0.4 is 0 Å². The lowest BCUT2D eigenvalue weighted by Crippen LogP contribution is -1.92. The SMILES string of the molecule is CC(=O)c1cccc2c(Br)[nH]nc12. The molecule has 0 radical (unpaired) electrons. The molecule has 0 bridgehead atoms. The number of benzene rings is 1. The number of carbonyl (C=O) groups excluding carboxylic acids is 1. The molecule has 1 heterocycles. The maximum atomic E-state index is 11.2. The van der Waals surface area contributed by atoms with Crippen LogP contribution in [0.25, 0.3) is 10.9 Å². The number of fused-ring (bicyclic) bond motifs is 1. The van der Waals surface area contributed by atoms with Gasteiger partial charge in [0.05, 0.1) is 0 Å². The first-order valence-corrected chi connectivity index (χ1v) is 4.63. The number of hydrogen-bond acceptors (Lipinski definition) is 2. The first kappa shape index (κ1) is 8.44. The highest BCUT2D eigenvalue weighted by atomic mass is 79.9. The Morgan fingerprint density at radius 2 is 2.31 bits per heavy atom. The molecule has 0 saturated heterocycles. The van der Waals surface area contributed by atoms with Crippen molar-refractivity contribution in [3.63, 3.8) is 0 Å². The molecular weight excluding hydrogens is 232 g/mol.